The molecule has 0 bridgehead atoms. The zero-order valence-corrected chi connectivity index (χ0v) is 20.5. The number of carbonyl (C=O) groups is 2. The van der Waals surface area contributed by atoms with E-state index in [1.165, 1.54) is 11.8 Å². The van der Waals surface area contributed by atoms with Gasteiger partial charge in [-0.25, -0.2) is 0 Å². The van der Waals surface area contributed by atoms with Crippen molar-refractivity contribution in [1.82, 2.24) is 14.8 Å². The number of rotatable bonds is 9. The van der Waals surface area contributed by atoms with Crippen LogP contribution in [0.25, 0.3) is 11.4 Å². The quantitative estimate of drug-likeness (QED) is 0.322. The van der Waals surface area contributed by atoms with Gasteiger partial charge in [-0.2, -0.15) is 0 Å². The fraction of sp³-hybridized carbons (Fsp3) is 0.185. The van der Waals surface area contributed by atoms with Crippen LogP contribution >= 0.6 is 11.8 Å². The second kappa shape index (κ2) is 11.5. The molecule has 2 amide bonds. The standard InChI is InChI=1S/C27H27N5O2S/c1-19-8-13-22(14-9-19)29-25(34)18-35-27-31-30-26(32(27)2)21-11-15-23(16-12-21)28-24(33)17-10-20-6-4-3-5-7-20/h3-9,11-16H,10,17-18H2,1-2H3,(H,28,33)(H,29,34). The molecule has 8 heteroatoms. The Hall–Kier alpha value is -3.91. The third-order valence-corrected chi connectivity index (χ3v) is 6.43. The first-order valence-corrected chi connectivity index (χ1v) is 12.3. The molecule has 0 aliphatic rings. The summed E-state index contributed by atoms with van der Waals surface area (Å²) < 4.78 is 1.86. The summed E-state index contributed by atoms with van der Waals surface area (Å²) in [5.74, 6) is 0.792. The van der Waals surface area contributed by atoms with Crippen LogP contribution in [0.4, 0.5) is 11.4 Å². The van der Waals surface area contributed by atoms with E-state index in [1.807, 2.05) is 97.4 Å². The maximum Gasteiger partial charge on any atom is 0.234 e. The molecule has 0 radical (unpaired) electrons. The maximum absolute atomic E-state index is 12.3. The van der Waals surface area contributed by atoms with Crippen molar-refractivity contribution < 1.29 is 9.59 Å². The Morgan fingerprint density at radius 2 is 1.46 bits per heavy atom. The van der Waals surface area contributed by atoms with Crippen LogP contribution < -0.4 is 10.6 Å². The second-order valence-corrected chi connectivity index (χ2v) is 9.12. The van der Waals surface area contributed by atoms with E-state index in [9.17, 15) is 9.59 Å². The van der Waals surface area contributed by atoms with E-state index < -0.39 is 0 Å². The number of thioether (sulfide) groups is 1. The van der Waals surface area contributed by atoms with Crippen LogP contribution in [0.1, 0.15) is 17.5 Å². The highest BCUT2D eigenvalue weighted by Crippen LogP contribution is 2.24. The van der Waals surface area contributed by atoms with E-state index in [0.717, 1.165) is 28.1 Å². The molecule has 1 heterocycles. The summed E-state index contributed by atoms with van der Waals surface area (Å²) >= 11 is 1.33. The Morgan fingerprint density at radius 3 is 2.14 bits per heavy atom. The van der Waals surface area contributed by atoms with E-state index in [0.29, 0.717) is 23.8 Å². The van der Waals surface area contributed by atoms with Crippen molar-refractivity contribution in [2.75, 3.05) is 16.4 Å². The van der Waals surface area contributed by atoms with Crippen molar-refractivity contribution in [3.8, 4) is 11.4 Å². The predicted molar refractivity (Wildman–Crippen MR) is 140 cm³/mol. The molecule has 0 atom stereocenters. The van der Waals surface area contributed by atoms with Gasteiger partial charge < -0.3 is 15.2 Å². The Kier molecular flexibility index (Phi) is 7.95. The van der Waals surface area contributed by atoms with E-state index in [1.54, 1.807) is 0 Å². The van der Waals surface area contributed by atoms with Gasteiger partial charge in [-0.05, 0) is 55.3 Å². The van der Waals surface area contributed by atoms with Crippen molar-refractivity contribution in [3.63, 3.8) is 0 Å². The molecule has 35 heavy (non-hydrogen) atoms. The molecule has 0 saturated heterocycles. The van der Waals surface area contributed by atoms with E-state index >= 15 is 0 Å². The summed E-state index contributed by atoms with van der Waals surface area (Å²) in [6.07, 6.45) is 1.13. The first-order valence-electron chi connectivity index (χ1n) is 11.3. The topological polar surface area (TPSA) is 88.9 Å². The average Bonchev–Trinajstić information content (AvgIpc) is 3.24. The lowest BCUT2D eigenvalue weighted by Crippen LogP contribution is -2.14. The Bertz CT molecular complexity index is 1290. The highest BCUT2D eigenvalue weighted by Gasteiger charge is 2.13. The summed E-state index contributed by atoms with van der Waals surface area (Å²) in [4.78, 5) is 24.6. The predicted octanol–water partition coefficient (Wildman–Crippen LogP) is 5.09. The fourth-order valence-electron chi connectivity index (χ4n) is 3.48. The second-order valence-electron chi connectivity index (χ2n) is 8.18. The minimum absolute atomic E-state index is 0.0251. The van der Waals surface area contributed by atoms with Gasteiger partial charge in [0.2, 0.25) is 11.8 Å². The molecule has 1 aromatic heterocycles. The van der Waals surface area contributed by atoms with Gasteiger partial charge in [0.25, 0.3) is 0 Å². The number of amides is 2. The monoisotopic (exact) mass is 485 g/mol. The smallest absolute Gasteiger partial charge is 0.234 e. The maximum atomic E-state index is 12.3. The largest absolute Gasteiger partial charge is 0.326 e. The zero-order valence-electron chi connectivity index (χ0n) is 19.7. The van der Waals surface area contributed by atoms with Crippen molar-refractivity contribution in [1.29, 1.82) is 0 Å². The van der Waals surface area contributed by atoms with E-state index in [4.69, 9.17) is 0 Å². The van der Waals surface area contributed by atoms with Crippen LogP contribution in [0.5, 0.6) is 0 Å². The number of anilines is 2. The minimum atomic E-state index is -0.101. The Morgan fingerprint density at radius 1 is 0.829 bits per heavy atom. The number of aryl methyl sites for hydroxylation is 2. The highest BCUT2D eigenvalue weighted by molar-refractivity contribution is 7.99. The van der Waals surface area contributed by atoms with Gasteiger partial charge in [-0.3, -0.25) is 9.59 Å². The van der Waals surface area contributed by atoms with Gasteiger partial charge >= 0.3 is 0 Å². The lowest BCUT2D eigenvalue weighted by atomic mass is 10.1. The fourth-order valence-corrected chi connectivity index (χ4v) is 4.20. The van der Waals surface area contributed by atoms with Gasteiger partial charge in [-0.15, -0.1) is 10.2 Å². The number of hydrogen-bond donors (Lipinski definition) is 2. The van der Waals surface area contributed by atoms with Crippen LogP contribution in [0, 0.1) is 6.92 Å². The number of hydrogen-bond acceptors (Lipinski definition) is 5. The van der Waals surface area contributed by atoms with E-state index in [-0.39, 0.29) is 17.6 Å². The molecule has 0 unspecified atom stereocenters. The van der Waals surface area contributed by atoms with Crippen LogP contribution in [0.15, 0.2) is 84.0 Å². The summed E-state index contributed by atoms with van der Waals surface area (Å²) in [6.45, 7) is 2.00. The Balaban J connectivity index is 1.30. The van der Waals surface area contributed by atoms with Crippen LogP contribution in [0.2, 0.25) is 0 Å². The molecule has 0 fully saturated rings. The molecule has 2 N–H and O–H groups in total. The van der Waals surface area contributed by atoms with Crippen molar-refractivity contribution in [3.05, 3.63) is 90.0 Å². The van der Waals surface area contributed by atoms with Gasteiger partial charge in [0.1, 0.15) is 0 Å². The molecule has 7 nitrogen and oxygen atoms in total. The van der Waals surface area contributed by atoms with Crippen LogP contribution in [-0.4, -0.2) is 32.3 Å². The van der Waals surface area contributed by atoms with Gasteiger partial charge in [-0.1, -0.05) is 59.8 Å². The van der Waals surface area contributed by atoms with Gasteiger partial charge in [0.05, 0.1) is 5.75 Å². The third kappa shape index (κ3) is 6.80. The summed E-state index contributed by atoms with van der Waals surface area (Å²) in [5.41, 5.74) is 4.66. The molecule has 0 aliphatic carbocycles. The normalized spacial score (nSPS) is 10.7. The number of carbonyl (C=O) groups excluding carboxylic acids is 2. The first-order chi connectivity index (χ1) is 17.0. The van der Waals surface area contributed by atoms with Crippen molar-refractivity contribution >= 4 is 35.0 Å². The number of aromatic nitrogens is 3. The lowest BCUT2D eigenvalue weighted by molar-refractivity contribution is -0.116. The zero-order chi connectivity index (χ0) is 24.6. The third-order valence-electron chi connectivity index (χ3n) is 5.41. The summed E-state index contributed by atoms with van der Waals surface area (Å²) in [7, 11) is 1.87. The van der Waals surface area contributed by atoms with Crippen LogP contribution in [-0.2, 0) is 23.1 Å². The van der Waals surface area contributed by atoms with Gasteiger partial charge in [0.15, 0.2) is 11.0 Å². The number of benzene rings is 3. The lowest BCUT2D eigenvalue weighted by Gasteiger charge is -2.08. The summed E-state index contributed by atoms with van der Waals surface area (Å²) in [5, 5.41) is 15.0. The highest BCUT2D eigenvalue weighted by atomic mass is 32.2. The molecule has 3 aromatic carbocycles. The SMILES string of the molecule is Cc1ccc(NC(=O)CSc2nnc(-c3ccc(NC(=O)CCc4ccccc4)cc3)n2C)cc1. The molecule has 4 rings (SSSR count). The van der Waals surface area contributed by atoms with Gasteiger partial charge in [0, 0.05) is 30.4 Å². The van der Waals surface area contributed by atoms with Crippen molar-refractivity contribution in [2.24, 2.45) is 7.05 Å². The first kappa shape index (κ1) is 24.2. The molecular formula is C27H27N5O2S. The Labute approximate surface area is 209 Å². The molecule has 0 saturated carbocycles. The molecule has 4 aromatic rings. The number of nitrogens with zero attached hydrogens (tertiary/aromatic N) is 3. The average molecular weight is 486 g/mol. The van der Waals surface area contributed by atoms with E-state index in [2.05, 4.69) is 20.8 Å². The number of nitrogens with one attached hydrogen (secondary N) is 2. The molecule has 0 spiro atoms. The molecule has 178 valence electrons. The minimum Gasteiger partial charge on any atom is -0.326 e. The molecule has 0 aliphatic heterocycles. The van der Waals surface area contributed by atoms with Crippen LogP contribution in [0.3, 0.4) is 0 Å². The van der Waals surface area contributed by atoms with Crippen molar-refractivity contribution in [2.45, 2.75) is 24.9 Å². The summed E-state index contributed by atoms with van der Waals surface area (Å²) in [6, 6.07) is 25.1. The molecular weight excluding hydrogens is 458 g/mol.